The van der Waals surface area contributed by atoms with E-state index in [1.165, 1.54) is 13.3 Å². The monoisotopic (exact) mass is 893 g/mol. The number of nitrogens with zero attached hydrogens (tertiary/aromatic N) is 3. The fourth-order valence-corrected chi connectivity index (χ4v) is 9.40. The van der Waals surface area contributed by atoms with E-state index in [1.807, 2.05) is 60.7 Å². The van der Waals surface area contributed by atoms with Gasteiger partial charge in [-0.05, 0) is 63.1 Å². The zero-order chi connectivity index (χ0) is 44.5. The lowest BCUT2D eigenvalue weighted by Crippen LogP contribution is -2.40. The summed E-state index contributed by atoms with van der Waals surface area (Å²) >= 11 is 0. The number of aromatic nitrogens is 3. The number of fused-ring (bicyclic) bond motifs is 1. The molecule has 0 spiro atoms. The molecule has 62 heavy (non-hydrogen) atoms. The second-order valence-corrected chi connectivity index (χ2v) is 19.3. The highest BCUT2D eigenvalue weighted by Gasteiger charge is 2.49. The molecule has 19 heteroatoms. The summed E-state index contributed by atoms with van der Waals surface area (Å²) in [5.74, 6) is -1.27. The number of carbonyl (C=O) groups excluding carboxylic acids is 2. The lowest BCUT2D eigenvalue weighted by Gasteiger charge is -2.30. The third-order valence-electron chi connectivity index (χ3n) is 9.52. The molecule has 3 aromatic carbocycles. The molecule has 332 valence electrons. The summed E-state index contributed by atoms with van der Waals surface area (Å²) < 4.78 is 77.7. The van der Waals surface area contributed by atoms with Crippen LogP contribution in [0, 0.1) is 5.92 Å². The summed E-state index contributed by atoms with van der Waals surface area (Å²) in [6.07, 6.45) is -0.177. The van der Waals surface area contributed by atoms with Gasteiger partial charge in [-0.15, -0.1) is 0 Å². The van der Waals surface area contributed by atoms with Crippen LogP contribution < -0.4 is 15.3 Å². The first-order valence-corrected chi connectivity index (χ1v) is 23.0. The SMILES string of the molecule is CC(C)C(=O)O[C@@H]1C[C@@](C)(COP(=O)(N[C@@H](C)C(=O)OCC(C)(C)OP(=O)(OCc2ccccc2)OCc2ccccc2)Oc2ccccc2)O[C@H]1c1ccc2c(N)ncnn12. The normalized spacial score (nSPS) is 19.5. The highest BCUT2D eigenvalue weighted by atomic mass is 31.2. The van der Waals surface area contributed by atoms with E-state index in [4.69, 9.17) is 42.6 Å². The number of nitrogens with one attached hydrogen (secondary N) is 1. The first-order valence-electron chi connectivity index (χ1n) is 20.0. The first-order chi connectivity index (χ1) is 29.4. The van der Waals surface area contributed by atoms with Crippen molar-refractivity contribution in [2.75, 3.05) is 18.9 Å². The van der Waals surface area contributed by atoms with Crippen LogP contribution in [-0.4, -0.2) is 63.1 Å². The Balaban J connectivity index is 1.14. The molecule has 1 aliphatic heterocycles. The fraction of sp³-hybridized carbons (Fsp3) is 0.395. The van der Waals surface area contributed by atoms with Crippen molar-refractivity contribution >= 4 is 38.8 Å². The van der Waals surface area contributed by atoms with Crippen LogP contribution >= 0.6 is 15.6 Å². The summed E-state index contributed by atoms with van der Waals surface area (Å²) in [5, 5.41) is 7.02. The van der Waals surface area contributed by atoms with Crippen LogP contribution in [0.2, 0.25) is 0 Å². The number of para-hydroxylation sites is 1. The molecule has 0 bridgehead atoms. The van der Waals surface area contributed by atoms with Crippen LogP contribution in [0.4, 0.5) is 5.82 Å². The number of ether oxygens (including phenoxy) is 3. The van der Waals surface area contributed by atoms with E-state index in [-0.39, 0.29) is 37.8 Å². The minimum Gasteiger partial charge on any atom is -0.461 e. The number of rotatable bonds is 21. The number of nitrogen functional groups attached to an aromatic ring is 1. The van der Waals surface area contributed by atoms with E-state index in [1.54, 1.807) is 81.6 Å². The van der Waals surface area contributed by atoms with Gasteiger partial charge in [0, 0.05) is 6.42 Å². The highest BCUT2D eigenvalue weighted by Crippen LogP contribution is 2.54. The largest absolute Gasteiger partial charge is 0.476 e. The molecule has 1 unspecified atom stereocenters. The molecular weight excluding hydrogens is 840 g/mol. The van der Waals surface area contributed by atoms with Crippen molar-refractivity contribution in [3.05, 3.63) is 126 Å². The average molecular weight is 894 g/mol. The van der Waals surface area contributed by atoms with Gasteiger partial charge in [-0.2, -0.15) is 10.2 Å². The molecular formula is C43H53N5O12P2. The van der Waals surface area contributed by atoms with Gasteiger partial charge >= 0.3 is 27.5 Å². The molecule has 5 atom stereocenters. The third kappa shape index (κ3) is 12.6. The number of carbonyl (C=O) groups is 2. The molecule has 1 saturated heterocycles. The van der Waals surface area contributed by atoms with Gasteiger partial charge in [-0.3, -0.25) is 27.7 Å². The minimum absolute atomic E-state index is 0.0671. The molecule has 1 aliphatic rings. The maximum absolute atomic E-state index is 14.6. The number of phosphoric ester groups is 1. The van der Waals surface area contributed by atoms with E-state index in [9.17, 15) is 18.7 Å². The average Bonchev–Trinajstić information content (AvgIpc) is 3.83. The summed E-state index contributed by atoms with van der Waals surface area (Å²) in [5.41, 5.74) is 6.07. The summed E-state index contributed by atoms with van der Waals surface area (Å²) in [7, 11) is -8.66. The Morgan fingerprint density at radius 2 is 1.48 bits per heavy atom. The van der Waals surface area contributed by atoms with Gasteiger partial charge in [0.25, 0.3) is 0 Å². The lowest BCUT2D eigenvalue weighted by molar-refractivity contribution is -0.156. The van der Waals surface area contributed by atoms with Gasteiger partial charge in [0.2, 0.25) is 0 Å². The van der Waals surface area contributed by atoms with Gasteiger partial charge < -0.3 is 24.5 Å². The van der Waals surface area contributed by atoms with Crippen LogP contribution in [0.15, 0.2) is 109 Å². The predicted octanol–water partition coefficient (Wildman–Crippen LogP) is 8.16. The minimum atomic E-state index is -4.41. The van der Waals surface area contributed by atoms with Crippen molar-refractivity contribution in [1.82, 2.24) is 19.7 Å². The van der Waals surface area contributed by atoms with Crippen LogP contribution in [0.25, 0.3) is 5.52 Å². The predicted molar refractivity (Wildman–Crippen MR) is 228 cm³/mol. The number of nitrogens with two attached hydrogens (primary N) is 1. The van der Waals surface area contributed by atoms with Crippen molar-refractivity contribution in [3.8, 4) is 5.75 Å². The Hall–Kier alpha value is -4.96. The van der Waals surface area contributed by atoms with Crippen molar-refractivity contribution in [2.24, 2.45) is 5.92 Å². The van der Waals surface area contributed by atoms with E-state index in [0.717, 1.165) is 11.1 Å². The fourth-order valence-electron chi connectivity index (χ4n) is 6.35. The molecule has 2 aromatic heterocycles. The second-order valence-electron chi connectivity index (χ2n) is 16.0. The van der Waals surface area contributed by atoms with Crippen molar-refractivity contribution in [1.29, 1.82) is 0 Å². The number of hydrogen-bond acceptors (Lipinski definition) is 15. The first kappa shape index (κ1) is 46.5. The maximum atomic E-state index is 14.6. The van der Waals surface area contributed by atoms with E-state index >= 15 is 0 Å². The summed E-state index contributed by atoms with van der Waals surface area (Å²) in [6, 6.07) is 28.7. The highest BCUT2D eigenvalue weighted by molar-refractivity contribution is 7.52. The van der Waals surface area contributed by atoms with Gasteiger partial charge in [-0.25, -0.2) is 18.6 Å². The van der Waals surface area contributed by atoms with Crippen LogP contribution in [-0.2, 0) is 64.2 Å². The summed E-state index contributed by atoms with van der Waals surface area (Å²) in [6.45, 7) is 8.86. The maximum Gasteiger partial charge on any atom is 0.476 e. The van der Waals surface area contributed by atoms with Crippen molar-refractivity contribution < 1.29 is 55.5 Å². The molecule has 17 nitrogen and oxygen atoms in total. The van der Waals surface area contributed by atoms with Crippen LogP contribution in [0.3, 0.4) is 0 Å². The molecule has 0 aliphatic carbocycles. The quantitative estimate of drug-likeness (QED) is 0.0526. The lowest BCUT2D eigenvalue weighted by atomic mass is 10.0. The van der Waals surface area contributed by atoms with Gasteiger partial charge in [0.15, 0.2) is 5.82 Å². The zero-order valence-corrected chi connectivity index (χ0v) is 37.2. The standard InChI is InChI=1S/C43H53N5O12P2/c1-30(2)40(49)57-37-24-43(6,58-38(37)35-22-23-36-39(44)45-29-46-48(35)36)28-56-61(51,59-34-20-14-9-15-21-34)47-31(3)41(50)53-27-42(4,5)60-62(52,54-25-32-16-10-7-11-17-32)55-26-33-18-12-8-13-19-33/h7-23,29-31,37-38H,24-28H2,1-6H3,(H,47,51)(H2,44,45,46)/t31-,37+,38-,43-,61?/m0/s1. The van der Waals surface area contributed by atoms with E-state index in [0.29, 0.717) is 11.2 Å². The smallest absolute Gasteiger partial charge is 0.461 e. The second kappa shape index (κ2) is 20.0. The number of benzene rings is 3. The van der Waals surface area contributed by atoms with Crippen molar-refractivity contribution in [2.45, 2.75) is 90.6 Å². The Kier molecular flexibility index (Phi) is 15.0. The molecule has 3 N–H and O–H groups in total. The number of anilines is 1. The number of hydrogen-bond donors (Lipinski definition) is 2. The topological polar surface area (TPSA) is 210 Å². The Labute approximate surface area is 360 Å². The molecule has 0 saturated carbocycles. The summed E-state index contributed by atoms with van der Waals surface area (Å²) in [4.78, 5) is 30.5. The van der Waals surface area contributed by atoms with Crippen LogP contribution in [0.1, 0.15) is 70.9 Å². The van der Waals surface area contributed by atoms with Gasteiger partial charge in [0.05, 0.1) is 37.0 Å². The molecule has 6 rings (SSSR count). The molecule has 0 radical (unpaired) electrons. The van der Waals surface area contributed by atoms with E-state index < -0.39 is 69.5 Å². The Morgan fingerprint density at radius 1 is 0.887 bits per heavy atom. The molecule has 1 fully saturated rings. The Morgan fingerprint density at radius 3 is 2.08 bits per heavy atom. The van der Waals surface area contributed by atoms with E-state index in [2.05, 4.69) is 15.2 Å². The van der Waals surface area contributed by atoms with Gasteiger partial charge in [-0.1, -0.05) is 92.7 Å². The number of esters is 2. The third-order valence-corrected chi connectivity index (χ3v) is 12.8. The molecule has 0 amide bonds. The van der Waals surface area contributed by atoms with Crippen molar-refractivity contribution in [3.63, 3.8) is 0 Å². The van der Waals surface area contributed by atoms with Crippen LogP contribution in [0.5, 0.6) is 5.75 Å². The Bertz CT molecular complexity index is 2320. The zero-order valence-electron chi connectivity index (χ0n) is 35.4. The molecule has 5 aromatic rings. The molecule has 3 heterocycles. The number of phosphoric acid groups is 1. The van der Waals surface area contributed by atoms with Gasteiger partial charge in [0.1, 0.15) is 48.1 Å².